The van der Waals surface area contributed by atoms with E-state index in [-0.39, 0.29) is 4.90 Å². The molecule has 0 radical (unpaired) electrons. The van der Waals surface area contributed by atoms with Crippen LogP contribution in [0, 0.1) is 13.8 Å². The number of aryl methyl sites for hydroxylation is 2. The molecule has 0 unspecified atom stereocenters. The fourth-order valence-electron chi connectivity index (χ4n) is 3.31. The van der Waals surface area contributed by atoms with Gasteiger partial charge in [-0.2, -0.15) is 4.31 Å². The third-order valence-electron chi connectivity index (χ3n) is 4.70. The second kappa shape index (κ2) is 7.17. The maximum Gasteiger partial charge on any atom is 0.248 e. The zero-order chi connectivity index (χ0) is 18.0. The molecular weight excluding hydrogens is 338 g/mol. The van der Waals surface area contributed by atoms with Gasteiger partial charge in [-0.3, -0.25) is 0 Å². The van der Waals surface area contributed by atoms with Crippen molar-refractivity contribution in [1.29, 1.82) is 0 Å². The number of nitrogens with zero attached hydrogens (tertiary/aromatic N) is 3. The normalized spacial score (nSPS) is 15.8. The Labute approximate surface area is 149 Å². The fourth-order valence-corrected chi connectivity index (χ4v) is 4.75. The Hall–Kier alpha value is -1.86. The maximum absolute atomic E-state index is 12.8. The number of rotatable bonds is 5. The quantitative estimate of drug-likeness (QED) is 0.817. The van der Waals surface area contributed by atoms with Gasteiger partial charge in [0.05, 0.1) is 0 Å². The van der Waals surface area contributed by atoms with Crippen molar-refractivity contribution in [2.45, 2.75) is 44.6 Å². The van der Waals surface area contributed by atoms with Gasteiger partial charge in [0, 0.05) is 32.4 Å². The smallest absolute Gasteiger partial charge is 0.248 e. The molecule has 0 amide bonds. The van der Waals surface area contributed by atoms with Crippen molar-refractivity contribution in [1.82, 2.24) is 9.46 Å². The molecule has 136 valence electrons. The highest BCUT2D eigenvalue weighted by atomic mass is 32.2. The fraction of sp³-hybridized carbons (Fsp3) is 0.500. The van der Waals surface area contributed by atoms with Crippen molar-refractivity contribution < 1.29 is 12.9 Å². The van der Waals surface area contributed by atoms with Gasteiger partial charge >= 0.3 is 0 Å². The molecule has 1 aromatic heterocycles. The van der Waals surface area contributed by atoms with Crippen LogP contribution in [-0.2, 0) is 16.6 Å². The summed E-state index contributed by atoms with van der Waals surface area (Å²) in [7, 11) is -2.04. The minimum Gasteiger partial charge on any atom is -0.372 e. The third kappa shape index (κ3) is 3.72. The van der Waals surface area contributed by atoms with Gasteiger partial charge in [0.25, 0.3) is 0 Å². The van der Waals surface area contributed by atoms with E-state index in [0.717, 1.165) is 18.7 Å². The summed E-state index contributed by atoms with van der Waals surface area (Å²) in [6.07, 6.45) is 3.78. The van der Waals surface area contributed by atoms with Gasteiger partial charge in [-0.15, -0.1) is 0 Å². The molecule has 0 spiro atoms. The van der Waals surface area contributed by atoms with Crippen molar-refractivity contribution in [3.05, 3.63) is 41.3 Å². The summed E-state index contributed by atoms with van der Waals surface area (Å²) in [5, 5.41) is 3.75. The molecule has 1 aliphatic heterocycles. The summed E-state index contributed by atoms with van der Waals surface area (Å²) < 4.78 is 31.9. The summed E-state index contributed by atoms with van der Waals surface area (Å²) in [5.41, 5.74) is 2.56. The van der Waals surface area contributed by atoms with Crippen LogP contribution in [0.4, 0.5) is 5.69 Å². The highest BCUT2D eigenvalue weighted by Gasteiger charge is 2.28. The van der Waals surface area contributed by atoms with E-state index in [0.29, 0.717) is 18.0 Å². The van der Waals surface area contributed by atoms with Crippen molar-refractivity contribution in [2.24, 2.45) is 0 Å². The first-order valence-electron chi connectivity index (χ1n) is 8.62. The van der Waals surface area contributed by atoms with Crippen LogP contribution in [0.25, 0.3) is 0 Å². The first-order valence-corrected chi connectivity index (χ1v) is 10.1. The lowest BCUT2D eigenvalue weighted by atomic mass is 10.1. The van der Waals surface area contributed by atoms with Crippen LogP contribution < -0.4 is 4.90 Å². The largest absolute Gasteiger partial charge is 0.372 e. The molecule has 0 bridgehead atoms. The van der Waals surface area contributed by atoms with Crippen LogP contribution in [0.1, 0.15) is 36.3 Å². The molecule has 2 aromatic rings. The molecule has 0 atom stereocenters. The second-order valence-electron chi connectivity index (χ2n) is 6.63. The van der Waals surface area contributed by atoms with Gasteiger partial charge in [0.2, 0.25) is 10.0 Å². The van der Waals surface area contributed by atoms with Crippen molar-refractivity contribution in [3.63, 3.8) is 0 Å². The van der Waals surface area contributed by atoms with E-state index in [9.17, 15) is 8.42 Å². The Morgan fingerprint density at radius 3 is 2.32 bits per heavy atom. The minimum atomic E-state index is -3.62. The average Bonchev–Trinajstić information content (AvgIpc) is 2.95. The van der Waals surface area contributed by atoms with Crippen LogP contribution in [-0.4, -0.2) is 38.0 Å². The molecule has 25 heavy (non-hydrogen) atoms. The average molecular weight is 363 g/mol. The molecule has 1 fully saturated rings. The Kier molecular flexibility index (Phi) is 5.15. The minimum absolute atomic E-state index is 0.167. The van der Waals surface area contributed by atoms with Crippen LogP contribution >= 0.6 is 0 Å². The van der Waals surface area contributed by atoms with Gasteiger partial charge in [0.1, 0.15) is 10.6 Å². The van der Waals surface area contributed by atoms with E-state index >= 15 is 0 Å². The van der Waals surface area contributed by atoms with E-state index in [2.05, 4.69) is 22.2 Å². The molecule has 2 heterocycles. The molecule has 0 saturated carbocycles. The summed E-state index contributed by atoms with van der Waals surface area (Å²) in [6, 6.07) is 8.17. The predicted molar refractivity (Wildman–Crippen MR) is 97.1 cm³/mol. The number of sulfonamides is 1. The molecule has 1 aromatic carbocycles. The van der Waals surface area contributed by atoms with Crippen molar-refractivity contribution >= 4 is 15.7 Å². The van der Waals surface area contributed by atoms with Gasteiger partial charge in [-0.05, 0) is 50.8 Å². The van der Waals surface area contributed by atoms with E-state index in [4.69, 9.17) is 4.52 Å². The molecule has 0 N–H and O–H groups in total. The van der Waals surface area contributed by atoms with E-state index in [1.807, 2.05) is 12.1 Å². The van der Waals surface area contributed by atoms with Crippen LogP contribution in [0.3, 0.4) is 0 Å². The first-order chi connectivity index (χ1) is 11.9. The van der Waals surface area contributed by atoms with Gasteiger partial charge in [-0.25, -0.2) is 8.42 Å². The summed E-state index contributed by atoms with van der Waals surface area (Å²) in [5.74, 6) is 0.324. The zero-order valence-corrected chi connectivity index (χ0v) is 15.8. The lowest BCUT2D eigenvalue weighted by Gasteiger charge is -2.29. The molecule has 6 nitrogen and oxygen atoms in total. The third-order valence-corrected chi connectivity index (χ3v) is 6.75. The maximum atomic E-state index is 12.8. The standard InChI is InChI=1S/C18H25N3O3S/c1-14-18(15(2)24-19-14)25(22,23)20(3)13-16-7-9-17(10-8-16)21-11-5-4-6-12-21/h7-10H,4-6,11-13H2,1-3H3. The molecule has 1 saturated heterocycles. The summed E-state index contributed by atoms with van der Waals surface area (Å²) in [6.45, 7) is 5.77. The molecular formula is C18H25N3O3S. The summed E-state index contributed by atoms with van der Waals surface area (Å²) in [4.78, 5) is 2.55. The molecule has 7 heteroatoms. The Morgan fingerprint density at radius 2 is 1.76 bits per heavy atom. The van der Waals surface area contributed by atoms with Crippen LogP contribution in [0.15, 0.2) is 33.7 Å². The van der Waals surface area contributed by atoms with Crippen molar-refractivity contribution in [2.75, 3.05) is 25.0 Å². The Morgan fingerprint density at radius 1 is 1.12 bits per heavy atom. The SMILES string of the molecule is Cc1noc(C)c1S(=O)(=O)N(C)Cc1ccc(N2CCCCC2)cc1. The Bertz CT molecular complexity index is 802. The van der Waals surface area contributed by atoms with Crippen molar-refractivity contribution in [3.8, 4) is 0 Å². The van der Waals surface area contributed by atoms with E-state index < -0.39 is 10.0 Å². The predicted octanol–water partition coefficient (Wildman–Crippen LogP) is 3.10. The van der Waals surface area contributed by atoms with Crippen LogP contribution in [0.2, 0.25) is 0 Å². The lowest BCUT2D eigenvalue weighted by molar-refractivity contribution is 0.389. The number of aromatic nitrogens is 1. The highest BCUT2D eigenvalue weighted by Crippen LogP contribution is 2.25. The molecule has 0 aliphatic carbocycles. The number of anilines is 1. The Balaban J connectivity index is 1.73. The first kappa shape index (κ1) is 17.9. The van der Waals surface area contributed by atoms with E-state index in [1.165, 1.54) is 29.3 Å². The van der Waals surface area contributed by atoms with Crippen LogP contribution in [0.5, 0.6) is 0 Å². The second-order valence-corrected chi connectivity index (χ2v) is 8.61. The monoisotopic (exact) mass is 363 g/mol. The van der Waals surface area contributed by atoms with E-state index in [1.54, 1.807) is 20.9 Å². The van der Waals surface area contributed by atoms with Gasteiger partial charge < -0.3 is 9.42 Å². The van der Waals surface area contributed by atoms with Gasteiger partial charge in [-0.1, -0.05) is 17.3 Å². The number of benzene rings is 1. The van der Waals surface area contributed by atoms with Gasteiger partial charge in [0.15, 0.2) is 5.76 Å². The summed E-state index contributed by atoms with van der Waals surface area (Å²) >= 11 is 0. The number of hydrogen-bond donors (Lipinski definition) is 0. The topological polar surface area (TPSA) is 66.7 Å². The highest BCUT2D eigenvalue weighted by molar-refractivity contribution is 7.89. The number of hydrogen-bond acceptors (Lipinski definition) is 5. The lowest BCUT2D eigenvalue weighted by Crippen LogP contribution is -2.29. The molecule has 3 rings (SSSR count). The number of piperidine rings is 1. The zero-order valence-electron chi connectivity index (χ0n) is 15.0. The molecule has 1 aliphatic rings.